The number of fused-ring (bicyclic) bond motifs is 1. The number of ether oxygens (including phenoxy) is 3. The minimum Gasteiger partial charge on any atom is -0.495 e. The highest BCUT2D eigenvalue weighted by Crippen LogP contribution is 2.39. The van der Waals surface area contributed by atoms with Gasteiger partial charge in [0.15, 0.2) is 0 Å². The molecule has 0 saturated carbocycles. The number of benzene rings is 2. The summed E-state index contributed by atoms with van der Waals surface area (Å²) >= 11 is 0. The number of nitrogens with zero attached hydrogens (tertiary/aromatic N) is 3. The van der Waals surface area contributed by atoms with E-state index >= 15 is 0 Å². The lowest BCUT2D eigenvalue weighted by atomic mass is 10.0. The molecule has 3 rings (SSSR count). The lowest BCUT2D eigenvalue weighted by Crippen LogP contribution is -2.39. The molecule has 0 N–H and O–H groups in total. The van der Waals surface area contributed by atoms with E-state index < -0.39 is 23.6 Å². The van der Waals surface area contributed by atoms with Crippen molar-refractivity contribution in [2.24, 2.45) is 5.92 Å². The highest BCUT2D eigenvalue weighted by molar-refractivity contribution is 6.05. The third-order valence-corrected chi connectivity index (χ3v) is 5.18. The normalized spacial score (nSPS) is 11.9. The number of pyridine rings is 1. The Bertz CT molecular complexity index is 1290. The Balaban J connectivity index is 2.23. The summed E-state index contributed by atoms with van der Waals surface area (Å²) in [6.45, 7) is 7.21. The molecular formula is C27H29N3O5. The van der Waals surface area contributed by atoms with Crippen LogP contribution in [0.3, 0.4) is 0 Å². The van der Waals surface area contributed by atoms with Gasteiger partial charge in [-0.25, -0.2) is 14.6 Å². The Morgan fingerprint density at radius 2 is 1.83 bits per heavy atom. The van der Waals surface area contributed by atoms with Gasteiger partial charge < -0.3 is 14.2 Å². The van der Waals surface area contributed by atoms with Crippen LogP contribution in [0.1, 0.15) is 38.2 Å². The Kier molecular flexibility index (Phi) is 7.60. The van der Waals surface area contributed by atoms with Gasteiger partial charge in [-0.2, -0.15) is 5.26 Å². The molecule has 182 valence electrons. The van der Waals surface area contributed by atoms with Crippen molar-refractivity contribution in [3.05, 3.63) is 54.2 Å². The summed E-state index contributed by atoms with van der Waals surface area (Å²) in [6.07, 6.45) is -0.582. The minimum absolute atomic E-state index is 0.112. The van der Waals surface area contributed by atoms with E-state index in [2.05, 4.69) is 11.1 Å². The molecule has 1 aromatic heterocycles. The number of anilines is 1. The SMILES string of the molecule is COC(=O)c1cccc(-c2ccc3ccc(OC)c(N(CC(C)C#N)C(=O)OC(C)(C)C)c3c2)n1. The van der Waals surface area contributed by atoms with Crippen molar-refractivity contribution >= 4 is 28.5 Å². The van der Waals surface area contributed by atoms with E-state index in [1.807, 2.05) is 24.3 Å². The molecule has 0 saturated heterocycles. The lowest BCUT2D eigenvalue weighted by molar-refractivity contribution is 0.0573. The molecule has 1 atom stereocenters. The first-order chi connectivity index (χ1) is 16.6. The van der Waals surface area contributed by atoms with Crippen LogP contribution >= 0.6 is 0 Å². The van der Waals surface area contributed by atoms with Crippen molar-refractivity contribution in [2.75, 3.05) is 25.7 Å². The second-order valence-electron chi connectivity index (χ2n) is 9.07. The van der Waals surface area contributed by atoms with Gasteiger partial charge in [0.2, 0.25) is 0 Å². The van der Waals surface area contributed by atoms with Crippen LogP contribution in [-0.2, 0) is 9.47 Å². The Labute approximate surface area is 205 Å². The predicted octanol–water partition coefficient (Wildman–Crippen LogP) is 5.60. The zero-order valence-corrected chi connectivity index (χ0v) is 20.8. The molecule has 1 unspecified atom stereocenters. The highest BCUT2D eigenvalue weighted by atomic mass is 16.6. The second-order valence-corrected chi connectivity index (χ2v) is 9.07. The van der Waals surface area contributed by atoms with E-state index in [0.717, 1.165) is 10.9 Å². The number of amides is 1. The molecule has 1 amide bonds. The molecular weight excluding hydrogens is 446 g/mol. The average molecular weight is 476 g/mol. The van der Waals surface area contributed by atoms with Crippen LogP contribution in [0.15, 0.2) is 48.5 Å². The molecule has 0 aliphatic carbocycles. The molecule has 0 aliphatic rings. The standard InChI is InChI=1S/C27H29N3O5/c1-17(15-28)16-30(26(32)35-27(2,3)4)24-20-14-19(11-10-18(20)12-13-23(24)33-5)21-8-7-9-22(29-21)25(31)34-6/h7-14,17H,16H2,1-6H3. The van der Waals surface area contributed by atoms with Crippen LogP contribution in [0.5, 0.6) is 5.75 Å². The fraction of sp³-hybridized carbons (Fsp3) is 0.333. The van der Waals surface area contributed by atoms with Crippen LogP contribution in [0, 0.1) is 17.2 Å². The Morgan fingerprint density at radius 3 is 2.46 bits per heavy atom. The van der Waals surface area contributed by atoms with Crippen LogP contribution < -0.4 is 9.64 Å². The molecule has 0 radical (unpaired) electrons. The molecule has 3 aromatic rings. The number of hydrogen-bond donors (Lipinski definition) is 0. The predicted molar refractivity (Wildman–Crippen MR) is 133 cm³/mol. The summed E-state index contributed by atoms with van der Waals surface area (Å²) in [6, 6.07) is 16.6. The molecule has 1 heterocycles. The summed E-state index contributed by atoms with van der Waals surface area (Å²) in [4.78, 5) is 31.2. The van der Waals surface area contributed by atoms with Gasteiger partial charge in [0.1, 0.15) is 17.0 Å². The molecule has 35 heavy (non-hydrogen) atoms. The third kappa shape index (κ3) is 5.87. The first-order valence-electron chi connectivity index (χ1n) is 11.1. The monoisotopic (exact) mass is 475 g/mol. The molecule has 8 nitrogen and oxygen atoms in total. The van der Waals surface area contributed by atoms with E-state index in [0.29, 0.717) is 22.5 Å². The van der Waals surface area contributed by atoms with Crippen molar-refractivity contribution in [1.82, 2.24) is 4.98 Å². The van der Waals surface area contributed by atoms with E-state index in [4.69, 9.17) is 14.2 Å². The van der Waals surface area contributed by atoms with Gasteiger partial charge in [0.05, 0.1) is 37.6 Å². The topological polar surface area (TPSA) is 102 Å². The minimum atomic E-state index is -0.730. The molecule has 0 bridgehead atoms. The summed E-state index contributed by atoms with van der Waals surface area (Å²) < 4.78 is 16.1. The van der Waals surface area contributed by atoms with Crippen LogP contribution in [-0.4, -0.2) is 43.4 Å². The summed E-state index contributed by atoms with van der Waals surface area (Å²) in [5, 5.41) is 11.0. The molecule has 2 aromatic carbocycles. The number of methoxy groups -OCH3 is 2. The van der Waals surface area contributed by atoms with Crippen molar-refractivity contribution < 1.29 is 23.8 Å². The molecule has 0 spiro atoms. The second kappa shape index (κ2) is 10.4. The van der Waals surface area contributed by atoms with Gasteiger partial charge in [0.25, 0.3) is 0 Å². The highest BCUT2D eigenvalue weighted by Gasteiger charge is 2.28. The molecule has 0 aliphatic heterocycles. The fourth-order valence-electron chi connectivity index (χ4n) is 3.59. The maximum absolute atomic E-state index is 13.3. The zero-order valence-electron chi connectivity index (χ0n) is 20.8. The third-order valence-electron chi connectivity index (χ3n) is 5.18. The van der Waals surface area contributed by atoms with Crippen LogP contribution in [0.4, 0.5) is 10.5 Å². The van der Waals surface area contributed by atoms with Crippen LogP contribution in [0.2, 0.25) is 0 Å². The number of aromatic nitrogens is 1. The van der Waals surface area contributed by atoms with Gasteiger partial charge in [-0.1, -0.05) is 24.3 Å². The number of hydrogen-bond acceptors (Lipinski definition) is 7. The van der Waals surface area contributed by atoms with Crippen molar-refractivity contribution in [3.63, 3.8) is 0 Å². The maximum atomic E-state index is 13.3. The number of nitriles is 1. The van der Waals surface area contributed by atoms with E-state index in [-0.39, 0.29) is 12.2 Å². The first kappa shape index (κ1) is 25.5. The van der Waals surface area contributed by atoms with E-state index in [1.54, 1.807) is 52.0 Å². The van der Waals surface area contributed by atoms with Crippen molar-refractivity contribution in [2.45, 2.75) is 33.3 Å². The molecule has 8 heteroatoms. The number of carbonyl (C=O) groups is 2. The van der Waals surface area contributed by atoms with Crippen LogP contribution in [0.25, 0.3) is 22.0 Å². The summed E-state index contributed by atoms with van der Waals surface area (Å²) in [5.74, 6) is -0.525. The van der Waals surface area contributed by atoms with E-state index in [9.17, 15) is 14.9 Å². The number of esters is 1. The van der Waals surface area contributed by atoms with Gasteiger partial charge >= 0.3 is 12.1 Å². The Morgan fingerprint density at radius 1 is 1.11 bits per heavy atom. The first-order valence-corrected chi connectivity index (χ1v) is 11.1. The average Bonchev–Trinajstić information content (AvgIpc) is 2.84. The largest absolute Gasteiger partial charge is 0.495 e. The van der Waals surface area contributed by atoms with Gasteiger partial charge in [-0.15, -0.1) is 0 Å². The molecule has 0 fully saturated rings. The fourth-order valence-corrected chi connectivity index (χ4v) is 3.59. The number of rotatable bonds is 6. The summed E-state index contributed by atoms with van der Waals surface area (Å²) in [5.41, 5.74) is 1.25. The lowest BCUT2D eigenvalue weighted by Gasteiger charge is -2.30. The van der Waals surface area contributed by atoms with Gasteiger partial charge in [0, 0.05) is 17.5 Å². The quantitative estimate of drug-likeness (QED) is 0.428. The Hall–Kier alpha value is -4.12. The van der Waals surface area contributed by atoms with E-state index in [1.165, 1.54) is 19.1 Å². The zero-order chi connectivity index (χ0) is 25.8. The maximum Gasteiger partial charge on any atom is 0.414 e. The smallest absolute Gasteiger partial charge is 0.414 e. The number of carbonyl (C=O) groups excluding carboxylic acids is 2. The van der Waals surface area contributed by atoms with Crippen molar-refractivity contribution in [1.29, 1.82) is 5.26 Å². The van der Waals surface area contributed by atoms with Gasteiger partial charge in [-0.05, 0) is 57.3 Å². The van der Waals surface area contributed by atoms with Gasteiger partial charge in [-0.3, -0.25) is 4.90 Å². The summed E-state index contributed by atoms with van der Waals surface area (Å²) in [7, 11) is 2.83. The van der Waals surface area contributed by atoms with Crippen molar-refractivity contribution in [3.8, 4) is 23.1 Å².